The van der Waals surface area contributed by atoms with Gasteiger partial charge in [0.2, 0.25) is 0 Å². The first-order chi connectivity index (χ1) is 5.18. The Balaban J connectivity index is 2.71. The zero-order valence-electron chi connectivity index (χ0n) is 6.87. The largest absolute Gasteiger partial charge is 0.501 e. The second-order valence-corrected chi connectivity index (χ2v) is 2.64. The maximum absolute atomic E-state index is 5.45. The number of aryl methyl sites for hydroxylation is 1. The molecule has 11 heavy (non-hydrogen) atoms. The van der Waals surface area contributed by atoms with Crippen LogP contribution in [0.25, 0.3) is 0 Å². The van der Waals surface area contributed by atoms with Gasteiger partial charge in [-0.25, -0.2) is 0 Å². The third-order valence-electron chi connectivity index (χ3n) is 1.31. The quantitative estimate of drug-likeness (QED) is 0.578. The van der Waals surface area contributed by atoms with Crippen LogP contribution in [-0.2, 0) is 0 Å². The summed E-state index contributed by atoms with van der Waals surface area (Å²) in [6, 6.07) is 7.60. The lowest BCUT2D eigenvalue weighted by Gasteiger charge is -2.09. The van der Waals surface area contributed by atoms with E-state index in [0.29, 0.717) is 0 Å². The Kier molecular flexibility index (Phi) is 2.58. The topological polar surface area (TPSA) is 9.23 Å². The van der Waals surface area contributed by atoms with Crippen LogP contribution in [0, 0.1) is 6.92 Å². The van der Waals surface area contributed by atoms with E-state index in [4.69, 9.17) is 12.6 Å². The summed E-state index contributed by atoms with van der Waals surface area (Å²) in [6.45, 7) is 3.83. The Morgan fingerprint density at radius 2 is 2.18 bits per heavy atom. The average molecular weight is 146 g/mol. The Bertz CT molecular complexity index is 233. The van der Waals surface area contributed by atoms with Crippen LogP contribution in [0.2, 0.25) is 0 Å². The average Bonchev–Trinajstić information content (AvgIpc) is 1.85. The summed E-state index contributed by atoms with van der Waals surface area (Å²) < 4.78 is 5.27. The molecular formula is C9H11BO. The molecule has 0 aliphatic rings. The first-order valence-electron chi connectivity index (χ1n) is 3.67. The van der Waals surface area contributed by atoms with Gasteiger partial charge in [0, 0.05) is 0 Å². The van der Waals surface area contributed by atoms with Gasteiger partial charge in [0.1, 0.15) is 13.6 Å². The molecule has 1 nitrogen and oxygen atoms in total. The van der Waals surface area contributed by atoms with E-state index in [0.717, 1.165) is 5.75 Å². The van der Waals surface area contributed by atoms with E-state index in [1.54, 1.807) is 0 Å². The lowest BCUT2D eigenvalue weighted by molar-refractivity contribution is 0.300. The fourth-order valence-electron chi connectivity index (χ4n) is 0.903. The molecule has 0 N–H and O–H groups in total. The number of ether oxygens (including phenoxy) is 1. The highest BCUT2D eigenvalue weighted by Crippen LogP contribution is 2.12. The van der Waals surface area contributed by atoms with Crippen LogP contribution in [0.3, 0.4) is 0 Å². The van der Waals surface area contributed by atoms with Gasteiger partial charge in [-0.15, -0.1) is 0 Å². The number of hydrogen-bond acceptors (Lipinski definition) is 1. The molecule has 56 valence electrons. The van der Waals surface area contributed by atoms with Crippen LogP contribution in [-0.4, -0.2) is 13.8 Å². The highest BCUT2D eigenvalue weighted by atomic mass is 16.5. The predicted molar refractivity (Wildman–Crippen MR) is 47.0 cm³/mol. The molecule has 2 heteroatoms. The zero-order valence-corrected chi connectivity index (χ0v) is 6.87. The van der Waals surface area contributed by atoms with Crippen molar-refractivity contribution in [3.8, 4) is 5.75 Å². The van der Waals surface area contributed by atoms with E-state index in [9.17, 15) is 0 Å². The van der Waals surface area contributed by atoms with E-state index in [1.165, 1.54) is 5.56 Å². The lowest BCUT2D eigenvalue weighted by Crippen LogP contribution is -2.10. The summed E-state index contributed by atoms with van der Waals surface area (Å²) in [4.78, 5) is 0. The summed E-state index contributed by atoms with van der Waals surface area (Å²) in [7, 11) is 5.45. The van der Waals surface area contributed by atoms with Gasteiger partial charge in [0.15, 0.2) is 0 Å². The highest BCUT2D eigenvalue weighted by molar-refractivity contribution is 6.10. The van der Waals surface area contributed by atoms with Crippen molar-refractivity contribution in [3.63, 3.8) is 0 Å². The molecule has 1 aromatic rings. The monoisotopic (exact) mass is 146 g/mol. The Morgan fingerprint density at radius 3 is 2.73 bits per heavy atom. The number of hydrogen-bond donors (Lipinski definition) is 0. The van der Waals surface area contributed by atoms with Gasteiger partial charge in [-0.05, 0) is 31.5 Å². The van der Waals surface area contributed by atoms with Gasteiger partial charge >= 0.3 is 0 Å². The second kappa shape index (κ2) is 3.47. The van der Waals surface area contributed by atoms with Gasteiger partial charge in [-0.2, -0.15) is 0 Å². The molecule has 1 aromatic carbocycles. The fraction of sp³-hybridized carbons (Fsp3) is 0.333. The third kappa shape index (κ3) is 2.66. The summed E-state index contributed by atoms with van der Waals surface area (Å²) in [5.74, 6) is 0.833. The molecule has 0 spiro atoms. The maximum atomic E-state index is 5.45. The van der Waals surface area contributed by atoms with E-state index in [2.05, 4.69) is 0 Å². The first-order valence-corrected chi connectivity index (χ1v) is 3.67. The van der Waals surface area contributed by atoms with Gasteiger partial charge in [0.25, 0.3) is 0 Å². The lowest BCUT2D eigenvalue weighted by atomic mass is 10.0. The molecule has 0 amide bonds. The molecule has 0 aromatic heterocycles. The van der Waals surface area contributed by atoms with Gasteiger partial charge in [0.05, 0.1) is 6.00 Å². The van der Waals surface area contributed by atoms with Crippen LogP contribution in [0.1, 0.15) is 12.5 Å². The summed E-state index contributed by atoms with van der Waals surface area (Å²) >= 11 is 0. The fourth-order valence-corrected chi connectivity index (χ4v) is 0.903. The van der Waals surface area contributed by atoms with Crippen molar-refractivity contribution in [1.29, 1.82) is 0 Å². The smallest absolute Gasteiger partial charge is 0.126 e. The van der Waals surface area contributed by atoms with Gasteiger partial charge in [-0.1, -0.05) is 12.1 Å². The van der Waals surface area contributed by atoms with Crippen molar-refractivity contribution in [2.45, 2.75) is 19.9 Å². The van der Waals surface area contributed by atoms with Crippen molar-refractivity contribution in [1.82, 2.24) is 0 Å². The van der Waals surface area contributed by atoms with E-state index in [-0.39, 0.29) is 6.00 Å². The molecule has 0 fully saturated rings. The zero-order chi connectivity index (χ0) is 8.27. The number of rotatable bonds is 2. The van der Waals surface area contributed by atoms with Crippen molar-refractivity contribution in [2.24, 2.45) is 0 Å². The van der Waals surface area contributed by atoms with Gasteiger partial charge in [-0.3, -0.25) is 0 Å². The number of benzene rings is 1. The van der Waals surface area contributed by atoms with E-state index < -0.39 is 0 Å². The van der Waals surface area contributed by atoms with E-state index in [1.807, 2.05) is 38.1 Å². The normalized spacial score (nSPS) is 12.5. The molecule has 1 rings (SSSR count). The van der Waals surface area contributed by atoms with Crippen molar-refractivity contribution in [2.75, 3.05) is 0 Å². The Labute approximate surface area is 68.8 Å². The Hall–Kier alpha value is -0.915. The van der Waals surface area contributed by atoms with Crippen LogP contribution < -0.4 is 4.74 Å². The molecule has 2 radical (unpaired) electrons. The summed E-state index contributed by atoms with van der Waals surface area (Å²) in [5, 5.41) is 0. The molecule has 1 atom stereocenters. The van der Waals surface area contributed by atoms with Crippen molar-refractivity contribution in [3.05, 3.63) is 29.8 Å². The minimum atomic E-state index is -0.239. The third-order valence-corrected chi connectivity index (χ3v) is 1.31. The molecule has 0 aliphatic heterocycles. The first kappa shape index (κ1) is 8.18. The molecule has 0 saturated carbocycles. The molecule has 0 heterocycles. The molecular weight excluding hydrogens is 135 g/mol. The molecule has 0 saturated heterocycles. The maximum Gasteiger partial charge on any atom is 0.126 e. The molecule has 1 unspecified atom stereocenters. The summed E-state index contributed by atoms with van der Waals surface area (Å²) in [6.07, 6.45) is 0. The summed E-state index contributed by atoms with van der Waals surface area (Å²) in [5.41, 5.74) is 1.18. The van der Waals surface area contributed by atoms with Crippen molar-refractivity contribution >= 4 is 7.85 Å². The standard InChI is InChI=1S/C9H11BO/c1-7-4-3-5-9(6-7)11-8(2)10/h3-6,8H,1-2H3. The van der Waals surface area contributed by atoms with Crippen LogP contribution in [0.5, 0.6) is 5.75 Å². The second-order valence-electron chi connectivity index (χ2n) is 2.64. The SMILES string of the molecule is [B]C(C)Oc1cccc(C)c1. The molecule has 0 bridgehead atoms. The highest BCUT2D eigenvalue weighted by Gasteiger charge is 1.95. The minimum Gasteiger partial charge on any atom is -0.501 e. The van der Waals surface area contributed by atoms with Gasteiger partial charge < -0.3 is 4.74 Å². The van der Waals surface area contributed by atoms with E-state index >= 15 is 0 Å². The Morgan fingerprint density at radius 1 is 1.45 bits per heavy atom. The van der Waals surface area contributed by atoms with Crippen LogP contribution >= 0.6 is 0 Å². The van der Waals surface area contributed by atoms with Crippen LogP contribution in [0.4, 0.5) is 0 Å². The van der Waals surface area contributed by atoms with Crippen molar-refractivity contribution < 1.29 is 4.74 Å². The minimum absolute atomic E-state index is 0.239. The predicted octanol–water partition coefficient (Wildman–Crippen LogP) is 1.89. The molecule has 0 aliphatic carbocycles. The van der Waals surface area contributed by atoms with Crippen LogP contribution in [0.15, 0.2) is 24.3 Å².